The molecule has 3 unspecified atom stereocenters. The fourth-order valence-electron chi connectivity index (χ4n) is 3.64. The Hall–Kier alpha value is -0.780. The van der Waals surface area contributed by atoms with Crippen LogP contribution in [0.25, 0.3) is 0 Å². The van der Waals surface area contributed by atoms with Gasteiger partial charge in [-0.15, -0.1) is 0 Å². The summed E-state index contributed by atoms with van der Waals surface area (Å²) in [6.45, 7) is 3.39. The highest BCUT2D eigenvalue weighted by Gasteiger charge is 2.47. The van der Waals surface area contributed by atoms with Crippen LogP contribution in [0.5, 0.6) is 0 Å². The van der Waals surface area contributed by atoms with Crippen LogP contribution < -0.4 is 10.6 Å². The highest BCUT2D eigenvalue weighted by atomic mass is 19.4. The van der Waals surface area contributed by atoms with Gasteiger partial charge in [0.15, 0.2) is 0 Å². The molecular weight excluding hydrogens is 281 g/mol. The van der Waals surface area contributed by atoms with Gasteiger partial charge in [-0.3, -0.25) is 4.79 Å². The summed E-state index contributed by atoms with van der Waals surface area (Å²) in [7, 11) is 0. The maximum absolute atomic E-state index is 13.1. The van der Waals surface area contributed by atoms with Gasteiger partial charge in [0, 0.05) is 12.6 Å². The van der Waals surface area contributed by atoms with E-state index in [4.69, 9.17) is 0 Å². The van der Waals surface area contributed by atoms with E-state index >= 15 is 0 Å². The number of nitrogens with one attached hydrogen (secondary N) is 2. The first kappa shape index (κ1) is 16.6. The molecule has 3 nitrogen and oxygen atoms in total. The molecule has 1 aliphatic carbocycles. The Labute approximate surface area is 124 Å². The molecule has 0 aromatic heterocycles. The van der Waals surface area contributed by atoms with Crippen molar-refractivity contribution in [3.8, 4) is 0 Å². The van der Waals surface area contributed by atoms with E-state index in [0.29, 0.717) is 25.8 Å². The number of piperidine rings is 1. The molecule has 0 radical (unpaired) electrons. The smallest absolute Gasteiger partial charge is 0.352 e. The zero-order chi connectivity index (χ0) is 15.5. The second-order valence-electron chi connectivity index (χ2n) is 6.43. The van der Waals surface area contributed by atoms with Crippen molar-refractivity contribution in [2.75, 3.05) is 13.1 Å². The summed E-state index contributed by atoms with van der Waals surface area (Å²) < 4.78 is 39.3. The lowest BCUT2D eigenvalue weighted by atomic mass is 9.76. The maximum Gasteiger partial charge on any atom is 0.393 e. The largest absolute Gasteiger partial charge is 0.393 e. The van der Waals surface area contributed by atoms with Gasteiger partial charge in [0.05, 0.1) is 11.3 Å². The number of alkyl halides is 3. The van der Waals surface area contributed by atoms with Crippen LogP contribution in [0, 0.1) is 11.3 Å². The Kier molecular flexibility index (Phi) is 5.17. The molecule has 2 rings (SSSR count). The predicted molar refractivity (Wildman–Crippen MR) is 74.8 cm³/mol. The van der Waals surface area contributed by atoms with Crippen LogP contribution in [0.15, 0.2) is 0 Å². The van der Waals surface area contributed by atoms with Crippen LogP contribution in [-0.4, -0.2) is 31.2 Å². The average molecular weight is 306 g/mol. The van der Waals surface area contributed by atoms with E-state index in [-0.39, 0.29) is 12.3 Å². The highest BCUT2D eigenvalue weighted by Crippen LogP contribution is 2.39. The summed E-state index contributed by atoms with van der Waals surface area (Å²) in [6, 6.07) is -0.753. The normalized spacial score (nSPS) is 34.5. The molecule has 6 heteroatoms. The summed E-state index contributed by atoms with van der Waals surface area (Å²) in [6.07, 6.45) is 0.0129. The van der Waals surface area contributed by atoms with E-state index in [9.17, 15) is 18.0 Å². The van der Waals surface area contributed by atoms with Crippen LogP contribution in [0.4, 0.5) is 13.2 Å². The first-order valence-corrected chi connectivity index (χ1v) is 7.97. The summed E-state index contributed by atoms with van der Waals surface area (Å²) in [4.78, 5) is 12.6. The third-order valence-corrected chi connectivity index (χ3v) is 5.13. The van der Waals surface area contributed by atoms with E-state index in [1.165, 1.54) is 0 Å². The van der Waals surface area contributed by atoms with Gasteiger partial charge in [-0.25, -0.2) is 0 Å². The monoisotopic (exact) mass is 306 g/mol. The maximum atomic E-state index is 13.1. The topological polar surface area (TPSA) is 41.1 Å². The molecule has 0 spiro atoms. The third kappa shape index (κ3) is 3.71. The van der Waals surface area contributed by atoms with Crippen molar-refractivity contribution in [2.45, 2.75) is 64.1 Å². The van der Waals surface area contributed by atoms with Crippen molar-refractivity contribution >= 4 is 5.91 Å². The van der Waals surface area contributed by atoms with Gasteiger partial charge in [-0.1, -0.05) is 19.8 Å². The lowest BCUT2D eigenvalue weighted by Crippen LogP contribution is -2.55. The summed E-state index contributed by atoms with van der Waals surface area (Å²) in [5.74, 6) is -1.58. The van der Waals surface area contributed by atoms with Gasteiger partial charge in [0.25, 0.3) is 0 Å². The summed E-state index contributed by atoms with van der Waals surface area (Å²) >= 11 is 0. The second kappa shape index (κ2) is 6.55. The Morgan fingerprint density at radius 2 is 2.00 bits per heavy atom. The number of hydrogen-bond acceptors (Lipinski definition) is 2. The van der Waals surface area contributed by atoms with Gasteiger partial charge >= 0.3 is 6.18 Å². The Balaban J connectivity index is 2.05. The fraction of sp³-hybridized carbons (Fsp3) is 0.933. The highest BCUT2D eigenvalue weighted by molar-refractivity contribution is 5.83. The van der Waals surface area contributed by atoms with Crippen molar-refractivity contribution in [3.05, 3.63) is 0 Å². The van der Waals surface area contributed by atoms with Crippen LogP contribution in [0.1, 0.15) is 51.9 Å². The van der Waals surface area contributed by atoms with Crippen molar-refractivity contribution in [3.63, 3.8) is 0 Å². The van der Waals surface area contributed by atoms with Crippen molar-refractivity contribution in [1.82, 2.24) is 10.6 Å². The van der Waals surface area contributed by atoms with Gasteiger partial charge in [0.1, 0.15) is 0 Å². The van der Waals surface area contributed by atoms with Crippen LogP contribution in [0.3, 0.4) is 0 Å². The zero-order valence-electron chi connectivity index (χ0n) is 12.6. The average Bonchev–Trinajstić information content (AvgIpc) is 2.47. The molecule has 1 amide bonds. The lowest BCUT2D eigenvalue weighted by Gasteiger charge is -2.39. The SMILES string of the molecule is CCC1(C(=O)NC2CCCCC2C(F)(F)F)CCCNC1. The molecule has 2 fully saturated rings. The van der Waals surface area contributed by atoms with Gasteiger partial charge < -0.3 is 10.6 Å². The molecule has 122 valence electrons. The van der Waals surface area contributed by atoms with Crippen molar-refractivity contribution in [1.29, 1.82) is 0 Å². The minimum atomic E-state index is -4.22. The number of carbonyl (C=O) groups excluding carboxylic acids is 1. The van der Waals surface area contributed by atoms with Crippen LogP contribution >= 0.6 is 0 Å². The Morgan fingerprint density at radius 1 is 1.29 bits per heavy atom. The number of rotatable bonds is 3. The van der Waals surface area contributed by atoms with Crippen LogP contribution in [-0.2, 0) is 4.79 Å². The van der Waals surface area contributed by atoms with E-state index in [1.807, 2.05) is 6.92 Å². The van der Waals surface area contributed by atoms with Gasteiger partial charge in [-0.2, -0.15) is 13.2 Å². The molecule has 1 aliphatic heterocycles. The van der Waals surface area contributed by atoms with Crippen LogP contribution in [0.2, 0.25) is 0 Å². The molecular formula is C15H25F3N2O. The van der Waals surface area contributed by atoms with Crippen molar-refractivity contribution in [2.24, 2.45) is 11.3 Å². The van der Waals surface area contributed by atoms with Gasteiger partial charge in [-0.05, 0) is 38.6 Å². The number of hydrogen-bond donors (Lipinski definition) is 2. The lowest BCUT2D eigenvalue weighted by molar-refractivity contribution is -0.189. The number of carbonyl (C=O) groups is 1. The molecule has 0 aromatic rings. The molecule has 0 bridgehead atoms. The molecule has 1 saturated heterocycles. The Morgan fingerprint density at radius 3 is 2.57 bits per heavy atom. The molecule has 1 heterocycles. The molecule has 0 aromatic carbocycles. The fourth-order valence-corrected chi connectivity index (χ4v) is 3.64. The Bertz CT molecular complexity index is 364. The van der Waals surface area contributed by atoms with E-state index in [2.05, 4.69) is 10.6 Å². The van der Waals surface area contributed by atoms with E-state index < -0.39 is 23.6 Å². The predicted octanol–water partition coefficient (Wildman–Crippen LogP) is 3.00. The number of halogens is 3. The summed E-state index contributed by atoms with van der Waals surface area (Å²) in [5, 5.41) is 5.94. The zero-order valence-corrected chi connectivity index (χ0v) is 12.6. The first-order chi connectivity index (χ1) is 9.89. The second-order valence-corrected chi connectivity index (χ2v) is 6.43. The minimum absolute atomic E-state index is 0.131. The minimum Gasteiger partial charge on any atom is -0.352 e. The van der Waals surface area contributed by atoms with Crippen molar-refractivity contribution < 1.29 is 18.0 Å². The molecule has 1 saturated carbocycles. The molecule has 2 N–H and O–H groups in total. The third-order valence-electron chi connectivity index (χ3n) is 5.13. The standard InChI is InChI=1S/C15H25F3N2O/c1-2-14(8-5-9-19-10-14)13(21)20-12-7-4-3-6-11(12)15(16,17)18/h11-12,19H,2-10H2,1H3,(H,20,21). The van der Waals surface area contributed by atoms with Gasteiger partial charge in [0.2, 0.25) is 5.91 Å². The van der Waals surface area contributed by atoms with E-state index in [0.717, 1.165) is 25.8 Å². The first-order valence-electron chi connectivity index (χ1n) is 7.97. The van der Waals surface area contributed by atoms with E-state index in [1.54, 1.807) is 0 Å². The molecule has 2 aliphatic rings. The summed E-state index contributed by atoms with van der Waals surface area (Å²) in [5.41, 5.74) is -0.536. The molecule has 21 heavy (non-hydrogen) atoms. The quantitative estimate of drug-likeness (QED) is 0.841. The molecule has 3 atom stereocenters. The number of amides is 1.